The van der Waals surface area contributed by atoms with Crippen LogP contribution in [0.25, 0.3) is 0 Å². The molecule has 74 valence electrons. The Labute approximate surface area is 80.5 Å². The van der Waals surface area contributed by atoms with Crippen molar-refractivity contribution in [1.82, 2.24) is 0 Å². The molecule has 0 N–H and O–H groups in total. The second-order valence-electron chi connectivity index (χ2n) is 1.60. The number of aliphatic imine (C=N–C) groups is 1. The molecule has 0 aromatic carbocycles. The molecule has 0 amide bonds. The molecule has 0 unspecified atom stereocenters. The lowest BCUT2D eigenvalue weighted by Crippen LogP contribution is -1.74. The molecule has 0 rings (SSSR count). The highest BCUT2D eigenvalue weighted by atomic mass is 16.6. The predicted molar refractivity (Wildman–Crippen MR) is 59.3 cm³/mol. The number of hydrogen-bond acceptors (Lipinski definition) is 3. The summed E-state index contributed by atoms with van der Waals surface area (Å²) in [5, 5.41) is 3.46. The van der Waals surface area contributed by atoms with Crippen LogP contribution in [0.1, 0.15) is 20.8 Å². The zero-order chi connectivity index (χ0) is 10.4. The predicted octanol–water partition coefficient (Wildman–Crippen LogP) is 2.81. The lowest BCUT2D eigenvalue weighted by Gasteiger charge is -1.78. The average Bonchev–Trinajstić information content (AvgIpc) is 2.20. The fourth-order valence-corrected chi connectivity index (χ4v) is 0.387. The second-order valence-corrected chi connectivity index (χ2v) is 1.60. The van der Waals surface area contributed by atoms with Crippen molar-refractivity contribution in [3.05, 3.63) is 24.4 Å². The van der Waals surface area contributed by atoms with E-state index in [9.17, 15) is 0 Å². The van der Waals surface area contributed by atoms with Gasteiger partial charge in [0.1, 0.15) is 7.11 Å². The summed E-state index contributed by atoms with van der Waals surface area (Å²) in [5.41, 5.74) is 0. The molecule has 0 saturated carbocycles. The molecule has 3 nitrogen and oxygen atoms in total. The van der Waals surface area contributed by atoms with Gasteiger partial charge in [0, 0.05) is 12.4 Å². The summed E-state index contributed by atoms with van der Waals surface area (Å²) in [7, 11) is 1.49. The van der Waals surface area contributed by atoms with Crippen LogP contribution in [0.2, 0.25) is 0 Å². The summed E-state index contributed by atoms with van der Waals surface area (Å²) >= 11 is 0. The highest BCUT2D eigenvalue weighted by Gasteiger charge is 1.62. The van der Waals surface area contributed by atoms with E-state index in [4.69, 9.17) is 0 Å². The van der Waals surface area contributed by atoms with Crippen molar-refractivity contribution in [3.8, 4) is 0 Å². The van der Waals surface area contributed by atoms with E-state index in [1.807, 2.05) is 39.0 Å². The Morgan fingerprint density at radius 2 is 1.77 bits per heavy atom. The molecule has 13 heavy (non-hydrogen) atoms. The Morgan fingerprint density at radius 1 is 1.08 bits per heavy atom. The van der Waals surface area contributed by atoms with Crippen LogP contribution in [0.5, 0.6) is 0 Å². The van der Waals surface area contributed by atoms with Crippen LogP contribution in [-0.4, -0.2) is 19.5 Å². The van der Waals surface area contributed by atoms with Gasteiger partial charge in [-0.1, -0.05) is 31.2 Å². The van der Waals surface area contributed by atoms with Gasteiger partial charge in [0.15, 0.2) is 0 Å². The Morgan fingerprint density at radius 3 is 2.31 bits per heavy atom. The molecule has 0 aromatic rings. The quantitative estimate of drug-likeness (QED) is 0.374. The first-order chi connectivity index (χ1) is 6.41. The Balaban J connectivity index is 0. The zero-order valence-electron chi connectivity index (χ0n) is 8.77. The minimum atomic E-state index is 1.47. The first-order valence-corrected chi connectivity index (χ1v) is 4.28. The molecule has 0 heterocycles. The number of rotatable bonds is 4. The number of hydrogen-bond donors (Lipinski definition) is 0. The van der Waals surface area contributed by atoms with Gasteiger partial charge in [-0.15, -0.1) is 0 Å². The molecule has 0 aliphatic rings. The third-order valence-electron chi connectivity index (χ3n) is 0.795. The number of allylic oxidation sites excluding steroid dienone is 3. The van der Waals surface area contributed by atoms with Gasteiger partial charge < -0.3 is 4.84 Å². The van der Waals surface area contributed by atoms with E-state index in [2.05, 4.69) is 15.0 Å². The van der Waals surface area contributed by atoms with Crippen LogP contribution in [-0.2, 0) is 4.84 Å². The molecule has 0 aliphatic heterocycles. The van der Waals surface area contributed by atoms with Gasteiger partial charge in [-0.05, 0) is 13.0 Å². The Bertz CT molecular complexity index is 181. The highest BCUT2D eigenvalue weighted by Crippen LogP contribution is 1.75. The molecule has 3 heteroatoms. The smallest absolute Gasteiger partial charge is 0.106 e. The third kappa shape index (κ3) is 18.0. The summed E-state index contributed by atoms with van der Waals surface area (Å²) in [5.74, 6) is 0. The molecular weight excluding hydrogens is 164 g/mol. The van der Waals surface area contributed by atoms with Crippen LogP contribution in [0.15, 0.2) is 34.6 Å². The standard InChI is InChI=1S/C8H12N2O.C2H6/c1-3-4-5-6-9-7-8-10-11-2;1-2/h3-8H,1-2H3;1-2H3/b4-3-,6-5-,9-7+,10-8+;. The monoisotopic (exact) mass is 182 g/mol. The Kier molecular flexibility index (Phi) is 18.4. The minimum absolute atomic E-state index is 1.47. The summed E-state index contributed by atoms with van der Waals surface area (Å²) in [6, 6.07) is 0. The maximum Gasteiger partial charge on any atom is 0.106 e. The van der Waals surface area contributed by atoms with Gasteiger partial charge in [0.2, 0.25) is 0 Å². The van der Waals surface area contributed by atoms with E-state index in [1.54, 1.807) is 12.4 Å². The molecular formula is C10H18N2O. The van der Waals surface area contributed by atoms with E-state index < -0.39 is 0 Å². The fourth-order valence-electron chi connectivity index (χ4n) is 0.387. The summed E-state index contributed by atoms with van der Waals surface area (Å²) in [6.45, 7) is 5.94. The van der Waals surface area contributed by atoms with Crippen LogP contribution in [0, 0.1) is 0 Å². The van der Waals surface area contributed by atoms with E-state index >= 15 is 0 Å². The van der Waals surface area contributed by atoms with Crippen molar-refractivity contribution >= 4 is 12.4 Å². The summed E-state index contributed by atoms with van der Waals surface area (Å²) in [4.78, 5) is 8.27. The average molecular weight is 182 g/mol. The largest absolute Gasteiger partial charge is 0.399 e. The maximum atomic E-state index is 4.41. The summed E-state index contributed by atoms with van der Waals surface area (Å²) < 4.78 is 0. The van der Waals surface area contributed by atoms with Gasteiger partial charge >= 0.3 is 0 Å². The van der Waals surface area contributed by atoms with E-state index in [-0.39, 0.29) is 0 Å². The van der Waals surface area contributed by atoms with Gasteiger partial charge in [-0.3, -0.25) is 4.99 Å². The van der Waals surface area contributed by atoms with Crippen molar-refractivity contribution in [2.24, 2.45) is 10.1 Å². The van der Waals surface area contributed by atoms with Crippen molar-refractivity contribution in [2.45, 2.75) is 20.8 Å². The zero-order valence-corrected chi connectivity index (χ0v) is 8.77. The number of oxime groups is 1. The third-order valence-corrected chi connectivity index (χ3v) is 0.795. The molecule has 0 bridgehead atoms. The van der Waals surface area contributed by atoms with Crippen LogP contribution >= 0.6 is 0 Å². The number of nitrogens with zero attached hydrogens (tertiary/aromatic N) is 2. The van der Waals surface area contributed by atoms with Crippen molar-refractivity contribution in [3.63, 3.8) is 0 Å². The van der Waals surface area contributed by atoms with Gasteiger partial charge in [0.05, 0.1) is 6.21 Å². The molecule has 0 aliphatic carbocycles. The van der Waals surface area contributed by atoms with Crippen molar-refractivity contribution in [1.29, 1.82) is 0 Å². The van der Waals surface area contributed by atoms with Gasteiger partial charge in [-0.25, -0.2) is 0 Å². The molecule has 0 atom stereocenters. The van der Waals surface area contributed by atoms with E-state index in [0.29, 0.717) is 0 Å². The van der Waals surface area contributed by atoms with E-state index in [1.165, 1.54) is 13.3 Å². The first kappa shape index (κ1) is 14.2. The summed E-state index contributed by atoms with van der Waals surface area (Å²) in [6.07, 6.45) is 10.3. The molecule has 0 spiro atoms. The van der Waals surface area contributed by atoms with Crippen molar-refractivity contribution < 1.29 is 4.84 Å². The van der Waals surface area contributed by atoms with Gasteiger partial charge in [0.25, 0.3) is 0 Å². The molecule has 0 saturated heterocycles. The normalized spacial score (nSPS) is 11.4. The Hall–Kier alpha value is -1.38. The highest BCUT2D eigenvalue weighted by molar-refractivity contribution is 6.15. The van der Waals surface area contributed by atoms with Crippen LogP contribution in [0.4, 0.5) is 0 Å². The minimum Gasteiger partial charge on any atom is -0.399 e. The second kappa shape index (κ2) is 16.9. The topological polar surface area (TPSA) is 34.0 Å². The van der Waals surface area contributed by atoms with Crippen LogP contribution in [0.3, 0.4) is 0 Å². The van der Waals surface area contributed by atoms with Crippen molar-refractivity contribution in [2.75, 3.05) is 7.11 Å². The lowest BCUT2D eigenvalue weighted by atomic mass is 10.5. The fraction of sp³-hybridized carbons (Fsp3) is 0.400. The SMILES string of the molecule is CC.C\C=C/C=C\N=C\C=N\OC. The van der Waals surface area contributed by atoms with Gasteiger partial charge in [-0.2, -0.15) is 0 Å². The first-order valence-electron chi connectivity index (χ1n) is 4.28. The molecule has 0 fully saturated rings. The molecule has 0 aromatic heterocycles. The maximum absolute atomic E-state index is 4.41. The molecule has 0 radical (unpaired) electrons. The van der Waals surface area contributed by atoms with E-state index in [0.717, 1.165) is 0 Å². The lowest BCUT2D eigenvalue weighted by molar-refractivity contribution is 0.216. The van der Waals surface area contributed by atoms with Crippen LogP contribution < -0.4 is 0 Å².